The lowest BCUT2D eigenvalue weighted by Crippen LogP contribution is -2.09. The Hall–Kier alpha value is -2.35. The van der Waals surface area contributed by atoms with Crippen LogP contribution in [0.4, 0.5) is 0 Å². The second-order valence-corrected chi connectivity index (χ2v) is 4.65. The molecule has 0 saturated heterocycles. The molecule has 0 bridgehead atoms. The summed E-state index contributed by atoms with van der Waals surface area (Å²) in [6.07, 6.45) is 6.42. The number of fused-ring (bicyclic) bond motifs is 1. The van der Waals surface area contributed by atoms with Crippen molar-refractivity contribution in [2.45, 2.75) is 26.7 Å². The smallest absolute Gasteiger partial charge is 0.340 e. The molecule has 0 radical (unpaired) electrons. The molecule has 0 aliphatic carbocycles. The van der Waals surface area contributed by atoms with E-state index in [1.165, 1.54) is 0 Å². The maximum Gasteiger partial charge on any atom is 0.340 e. The quantitative estimate of drug-likeness (QED) is 0.486. The predicted molar refractivity (Wildman–Crippen MR) is 76.3 cm³/mol. The average Bonchev–Trinajstić information content (AvgIpc) is 2.68. The molecule has 2 aromatic rings. The minimum Gasteiger partial charge on any atom is -0.462 e. The Balaban J connectivity index is 2.26. The van der Waals surface area contributed by atoms with Gasteiger partial charge in [0.25, 0.3) is 0 Å². The summed E-state index contributed by atoms with van der Waals surface area (Å²) in [5.74, 6) is 2.15. The van der Waals surface area contributed by atoms with Crippen molar-refractivity contribution >= 4 is 17.0 Å². The molecular formula is C15H17N3O2. The molecule has 0 aromatic carbocycles. The zero-order valence-corrected chi connectivity index (χ0v) is 11.9. The molecule has 2 heterocycles. The van der Waals surface area contributed by atoms with E-state index in [1.54, 1.807) is 17.7 Å². The number of nitrogens with zero attached hydrogens (tertiary/aromatic N) is 3. The maximum atomic E-state index is 12.0. The van der Waals surface area contributed by atoms with Gasteiger partial charge in [0.2, 0.25) is 0 Å². The monoisotopic (exact) mass is 271 g/mol. The third kappa shape index (κ3) is 2.64. The second kappa shape index (κ2) is 5.74. The number of hydrogen-bond donors (Lipinski definition) is 0. The van der Waals surface area contributed by atoms with Crippen LogP contribution in [0.2, 0.25) is 0 Å². The van der Waals surface area contributed by atoms with E-state index in [1.807, 2.05) is 14.0 Å². The summed E-state index contributed by atoms with van der Waals surface area (Å²) in [7, 11) is 1.83. The molecule has 0 spiro atoms. The number of esters is 1. The maximum absolute atomic E-state index is 12.0. The second-order valence-electron chi connectivity index (χ2n) is 4.65. The van der Waals surface area contributed by atoms with Gasteiger partial charge in [0.1, 0.15) is 0 Å². The predicted octanol–water partition coefficient (Wildman–Crippen LogP) is 2.16. The van der Waals surface area contributed by atoms with Crippen LogP contribution in [0.3, 0.4) is 0 Å². The van der Waals surface area contributed by atoms with E-state index in [0.29, 0.717) is 30.7 Å². The number of aromatic nitrogens is 3. The molecule has 5 nitrogen and oxygen atoms in total. The van der Waals surface area contributed by atoms with Gasteiger partial charge in [0.15, 0.2) is 5.65 Å². The third-order valence-corrected chi connectivity index (χ3v) is 3.11. The minimum absolute atomic E-state index is 0.326. The highest BCUT2D eigenvalue weighted by Gasteiger charge is 2.16. The third-order valence-electron chi connectivity index (χ3n) is 3.11. The largest absolute Gasteiger partial charge is 0.462 e. The number of ether oxygens (including phenoxy) is 1. The number of aryl methyl sites for hydroxylation is 3. The van der Waals surface area contributed by atoms with Crippen LogP contribution in [0.15, 0.2) is 6.07 Å². The first-order valence-electron chi connectivity index (χ1n) is 6.46. The normalized spacial score (nSPS) is 10.5. The van der Waals surface area contributed by atoms with Gasteiger partial charge in [-0.25, -0.2) is 9.78 Å². The van der Waals surface area contributed by atoms with Gasteiger partial charge in [-0.15, -0.1) is 12.3 Å². The fraction of sp³-hybridized carbons (Fsp3) is 0.400. The van der Waals surface area contributed by atoms with Crippen molar-refractivity contribution in [3.05, 3.63) is 23.0 Å². The molecule has 2 aromatic heterocycles. The van der Waals surface area contributed by atoms with E-state index >= 15 is 0 Å². The Labute approximate surface area is 117 Å². The Morgan fingerprint density at radius 3 is 2.90 bits per heavy atom. The summed E-state index contributed by atoms with van der Waals surface area (Å²) in [5, 5.41) is 5.17. The van der Waals surface area contributed by atoms with Crippen LogP contribution in [0, 0.1) is 26.2 Å². The molecule has 0 amide bonds. The molecule has 0 aliphatic heterocycles. The molecule has 0 N–H and O–H groups in total. The molecule has 0 unspecified atom stereocenters. The Morgan fingerprint density at radius 1 is 1.45 bits per heavy atom. The molecule has 104 valence electrons. The van der Waals surface area contributed by atoms with E-state index in [2.05, 4.69) is 16.0 Å². The van der Waals surface area contributed by atoms with Crippen molar-refractivity contribution in [3.8, 4) is 12.3 Å². The van der Waals surface area contributed by atoms with E-state index in [-0.39, 0.29) is 5.97 Å². The van der Waals surface area contributed by atoms with Crippen molar-refractivity contribution in [2.75, 3.05) is 6.61 Å². The number of rotatable bonds is 4. The van der Waals surface area contributed by atoms with Gasteiger partial charge in [-0.1, -0.05) is 0 Å². The van der Waals surface area contributed by atoms with Crippen molar-refractivity contribution < 1.29 is 9.53 Å². The van der Waals surface area contributed by atoms with Gasteiger partial charge < -0.3 is 4.74 Å². The number of hydrogen-bond acceptors (Lipinski definition) is 4. The zero-order valence-electron chi connectivity index (χ0n) is 11.9. The molecule has 0 aliphatic rings. The first-order valence-corrected chi connectivity index (χ1v) is 6.46. The molecule has 0 fully saturated rings. The fourth-order valence-electron chi connectivity index (χ4n) is 2.06. The number of carbonyl (C=O) groups is 1. The van der Waals surface area contributed by atoms with Gasteiger partial charge in [-0.05, 0) is 26.3 Å². The van der Waals surface area contributed by atoms with Crippen LogP contribution in [0.1, 0.15) is 34.6 Å². The fourth-order valence-corrected chi connectivity index (χ4v) is 2.06. The highest BCUT2D eigenvalue weighted by atomic mass is 16.5. The molecule has 0 atom stereocenters. The number of unbranched alkanes of at least 4 members (excludes halogenated alkanes) is 1. The van der Waals surface area contributed by atoms with Gasteiger partial charge in [0, 0.05) is 18.9 Å². The summed E-state index contributed by atoms with van der Waals surface area (Å²) in [6, 6.07) is 1.80. The van der Waals surface area contributed by atoms with Crippen LogP contribution in [0.25, 0.3) is 11.0 Å². The summed E-state index contributed by atoms with van der Waals surface area (Å²) < 4.78 is 6.91. The van der Waals surface area contributed by atoms with Crippen LogP contribution in [-0.2, 0) is 11.8 Å². The van der Waals surface area contributed by atoms with E-state index in [0.717, 1.165) is 16.7 Å². The molecular weight excluding hydrogens is 254 g/mol. The topological polar surface area (TPSA) is 57.0 Å². The summed E-state index contributed by atoms with van der Waals surface area (Å²) >= 11 is 0. The summed E-state index contributed by atoms with van der Waals surface area (Å²) in [6.45, 7) is 4.01. The Morgan fingerprint density at radius 2 is 2.20 bits per heavy atom. The van der Waals surface area contributed by atoms with Gasteiger partial charge in [-0.2, -0.15) is 5.10 Å². The molecule has 20 heavy (non-hydrogen) atoms. The molecule has 5 heteroatoms. The average molecular weight is 271 g/mol. The van der Waals surface area contributed by atoms with Crippen molar-refractivity contribution in [2.24, 2.45) is 7.05 Å². The van der Waals surface area contributed by atoms with Crippen LogP contribution in [-0.4, -0.2) is 27.3 Å². The zero-order chi connectivity index (χ0) is 14.7. The number of terminal acetylenes is 1. The van der Waals surface area contributed by atoms with Crippen molar-refractivity contribution in [1.82, 2.24) is 14.8 Å². The summed E-state index contributed by atoms with van der Waals surface area (Å²) in [4.78, 5) is 16.5. The Bertz CT molecular complexity index is 695. The lowest BCUT2D eigenvalue weighted by atomic mass is 10.1. The minimum atomic E-state index is -0.364. The highest BCUT2D eigenvalue weighted by molar-refractivity contribution is 5.95. The lowest BCUT2D eigenvalue weighted by molar-refractivity contribution is 0.0500. The van der Waals surface area contributed by atoms with Crippen LogP contribution < -0.4 is 0 Å². The van der Waals surface area contributed by atoms with E-state index < -0.39 is 0 Å². The van der Waals surface area contributed by atoms with Gasteiger partial charge in [0.05, 0.1) is 23.6 Å². The van der Waals surface area contributed by atoms with Crippen LogP contribution >= 0.6 is 0 Å². The number of pyridine rings is 1. The van der Waals surface area contributed by atoms with E-state index in [4.69, 9.17) is 11.2 Å². The van der Waals surface area contributed by atoms with E-state index in [9.17, 15) is 4.79 Å². The Kier molecular flexibility index (Phi) is 4.04. The first-order chi connectivity index (χ1) is 9.54. The standard InChI is InChI=1S/C15H17N3O2/c1-5-6-7-8-20-15(19)13-9-12-11(3)17-18(4)14(12)16-10(13)2/h1,9H,6-8H2,2-4H3. The van der Waals surface area contributed by atoms with Crippen LogP contribution in [0.5, 0.6) is 0 Å². The summed E-state index contributed by atoms with van der Waals surface area (Å²) in [5.41, 5.74) is 2.73. The lowest BCUT2D eigenvalue weighted by Gasteiger charge is -2.06. The molecule has 0 saturated carbocycles. The first kappa shape index (κ1) is 14.1. The number of carbonyl (C=O) groups excluding carboxylic acids is 1. The molecule has 2 rings (SSSR count). The van der Waals surface area contributed by atoms with Crippen molar-refractivity contribution in [3.63, 3.8) is 0 Å². The van der Waals surface area contributed by atoms with Crippen molar-refractivity contribution in [1.29, 1.82) is 0 Å². The highest BCUT2D eigenvalue weighted by Crippen LogP contribution is 2.19. The van der Waals surface area contributed by atoms with Gasteiger partial charge in [-0.3, -0.25) is 4.68 Å². The van der Waals surface area contributed by atoms with Gasteiger partial charge >= 0.3 is 5.97 Å². The SMILES string of the molecule is C#CCCCOC(=O)c1cc2c(C)nn(C)c2nc1C.